The van der Waals surface area contributed by atoms with Gasteiger partial charge in [0.2, 0.25) is 5.91 Å². The van der Waals surface area contributed by atoms with Crippen LogP contribution in [0.15, 0.2) is 0 Å². The smallest absolute Gasteiger partial charge is 0.217 e. The van der Waals surface area contributed by atoms with Crippen LogP contribution in [-0.4, -0.2) is 12.5 Å². The second-order valence-corrected chi connectivity index (χ2v) is 3.48. The van der Waals surface area contributed by atoms with Crippen molar-refractivity contribution in [2.24, 2.45) is 11.5 Å². The molecule has 0 radical (unpaired) electrons. The minimum atomic E-state index is -0.178. The lowest BCUT2D eigenvalue weighted by Crippen LogP contribution is -2.09. The third-order valence-corrected chi connectivity index (χ3v) is 2.13. The molecule has 0 spiro atoms. The lowest BCUT2D eigenvalue weighted by Gasteiger charge is -1.99. The molecule has 0 fully saturated rings. The summed E-state index contributed by atoms with van der Waals surface area (Å²) in [6, 6.07) is 0. The molecule has 0 atom stereocenters. The Labute approximate surface area is 80.9 Å². The van der Waals surface area contributed by atoms with Gasteiger partial charge in [0.15, 0.2) is 0 Å². The van der Waals surface area contributed by atoms with E-state index in [1.165, 1.54) is 25.7 Å². The molecule has 0 aliphatic heterocycles. The Kier molecular flexibility index (Phi) is 9.10. The van der Waals surface area contributed by atoms with E-state index < -0.39 is 0 Å². The molecule has 78 valence electrons. The summed E-state index contributed by atoms with van der Waals surface area (Å²) in [6.45, 7) is 0.807. The summed E-state index contributed by atoms with van der Waals surface area (Å²) in [5.41, 5.74) is 10.4. The maximum atomic E-state index is 10.4. The van der Waals surface area contributed by atoms with E-state index in [0.717, 1.165) is 25.8 Å². The molecule has 0 rings (SSSR count). The zero-order chi connectivity index (χ0) is 9.94. The van der Waals surface area contributed by atoms with Gasteiger partial charge in [0.1, 0.15) is 0 Å². The van der Waals surface area contributed by atoms with Gasteiger partial charge in [-0.05, 0) is 19.4 Å². The van der Waals surface area contributed by atoms with Crippen molar-refractivity contribution in [1.82, 2.24) is 0 Å². The van der Waals surface area contributed by atoms with Crippen LogP contribution < -0.4 is 11.5 Å². The van der Waals surface area contributed by atoms with E-state index in [0.29, 0.717) is 6.42 Å². The number of unbranched alkanes of at least 4 members (excludes halogenated alkanes) is 6. The molecule has 3 heteroatoms. The van der Waals surface area contributed by atoms with Gasteiger partial charge in [-0.3, -0.25) is 4.79 Å². The number of hydrogen-bond donors (Lipinski definition) is 2. The molecule has 3 nitrogen and oxygen atoms in total. The van der Waals surface area contributed by atoms with E-state index in [1.807, 2.05) is 0 Å². The fourth-order valence-corrected chi connectivity index (χ4v) is 1.33. The molecule has 0 saturated heterocycles. The first-order chi connectivity index (χ1) is 6.27. The van der Waals surface area contributed by atoms with E-state index >= 15 is 0 Å². The van der Waals surface area contributed by atoms with Crippen LogP contribution in [0.1, 0.15) is 51.4 Å². The van der Waals surface area contributed by atoms with Crippen LogP contribution in [0.5, 0.6) is 0 Å². The van der Waals surface area contributed by atoms with Crippen molar-refractivity contribution in [3.8, 4) is 0 Å². The van der Waals surface area contributed by atoms with Crippen molar-refractivity contribution in [3.05, 3.63) is 0 Å². The normalized spacial score (nSPS) is 10.2. The van der Waals surface area contributed by atoms with E-state index in [-0.39, 0.29) is 5.91 Å². The van der Waals surface area contributed by atoms with Crippen LogP contribution in [0, 0.1) is 0 Å². The third kappa shape index (κ3) is 11.4. The number of carbonyl (C=O) groups excluding carboxylic acids is 1. The Bertz CT molecular complexity index is 126. The summed E-state index contributed by atoms with van der Waals surface area (Å²) < 4.78 is 0. The van der Waals surface area contributed by atoms with Crippen LogP contribution in [0.2, 0.25) is 0 Å². The summed E-state index contributed by atoms with van der Waals surface area (Å²) in [6.07, 6.45) is 8.76. The van der Waals surface area contributed by atoms with Gasteiger partial charge in [0.05, 0.1) is 0 Å². The monoisotopic (exact) mass is 186 g/mol. The van der Waals surface area contributed by atoms with Gasteiger partial charge in [-0.2, -0.15) is 0 Å². The standard InChI is InChI=1S/C10H22N2O/c11-9-7-5-3-1-2-4-6-8-10(12)13/h1-9,11H2,(H2,12,13). The minimum Gasteiger partial charge on any atom is -0.370 e. The summed E-state index contributed by atoms with van der Waals surface area (Å²) in [5.74, 6) is -0.178. The average Bonchev–Trinajstić information content (AvgIpc) is 2.09. The first-order valence-corrected chi connectivity index (χ1v) is 5.25. The molecule has 0 aromatic rings. The highest BCUT2D eigenvalue weighted by atomic mass is 16.1. The van der Waals surface area contributed by atoms with Gasteiger partial charge in [0, 0.05) is 6.42 Å². The lowest BCUT2D eigenvalue weighted by atomic mass is 10.1. The Morgan fingerprint density at radius 2 is 1.31 bits per heavy atom. The highest BCUT2D eigenvalue weighted by Crippen LogP contribution is 2.07. The molecule has 0 unspecified atom stereocenters. The number of hydrogen-bond acceptors (Lipinski definition) is 2. The summed E-state index contributed by atoms with van der Waals surface area (Å²) in [5, 5.41) is 0. The first-order valence-electron chi connectivity index (χ1n) is 5.25. The van der Waals surface area contributed by atoms with Gasteiger partial charge in [-0.15, -0.1) is 0 Å². The number of carbonyl (C=O) groups is 1. The topological polar surface area (TPSA) is 69.1 Å². The second kappa shape index (κ2) is 9.52. The Morgan fingerprint density at radius 3 is 1.77 bits per heavy atom. The number of amides is 1. The zero-order valence-electron chi connectivity index (χ0n) is 8.43. The van der Waals surface area contributed by atoms with Crippen LogP contribution in [-0.2, 0) is 4.79 Å². The van der Waals surface area contributed by atoms with E-state index in [9.17, 15) is 4.79 Å². The van der Waals surface area contributed by atoms with Crippen molar-refractivity contribution in [3.63, 3.8) is 0 Å². The molecule has 0 heterocycles. The molecule has 1 amide bonds. The molecule has 13 heavy (non-hydrogen) atoms. The Morgan fingerprint density at radius 1 is 0.846 bits per heavy atom. The second-order valence-electron chi connectivity index (χ2n) is 3.48. The van der Waals surface area contributed by atoms with Gasteiger partial charge >= 0.3 is 0 Å². The number of primary amides is 1. The summed E-state index contributed by atoms with van der Waals surface area (Å²) in [4.78, 5) is 10.4. The molecule has 0 bridgehead atoms. The van der Waals surface area contributed by atoms with Crippen LogP contribution in [0.4, 0.5) is 0 Å². The molecular weight excluding hydrogens is 164 g/mol. The average molecular weight is 186 g/mol. The summed E-state index contributed by atoms with van der Waals surface area (Å²) in [7, 11) is 0. The molecule has 0 aromatic carbocycles. The van der Waals surface area contributed by atoms with E-state index in [4.69, 9.17) is 11.5 Å². The molecule has 0 aromatic heterocycles. The Hall–Kier alpha value is -0.570. The fraction of sp³-hybridized carbons (Fsp3) is 0.900. The maximum absolute atomic E-state index is 10.4. The molecule has 4 N–H and O–H groups in total. The van der Waals surface area contributed by atoms with Crippen LogP contribution >= 0.6 is 0 Å². The van der Waals surface area contributed by atoms with Gasteiger partial charge in [-0.25, -0.2) is 0 Å². The minimum absolute atomic E-state index is 0.178. The van der Waals surface area contributed by atoms with Crippen LogP contribution in [0.3, 0.4) is 0 Å². The van der Waals surface area contributed by atoms with E-state index in [1.54, 1.807) is 0 Å². The highest BCUT2D eigenvalue weighted by Gasteiger charge is 1.94. The van der Waals surface area contributed by atoms with Gasteiger partial charge in [0.25, 0.3) is 0 Å². The largest absolute Gasteiger partial charge is 0.370 e. The predicted octanol–water partition coefficient (Wildman–Crippen LogP) is 1.55. The Balaban J connectivity index is 2.87. The number of rotatable bonds is 9. The SMILES string of the molecule is NCCCCCCCCCC(N)=O. The van der Waals surface area contributed by atoms with Crippen molar-refractivity contribution < 1.29 is 4.79 Å². The van der Waals surface area contributed by atoms with E-state index in [2.05, 4.69) is 0 Å². The molecular formula is C10H22N2O. The number of nitrogens with two attached hydrogens (primary N) is 2. The zero-order valence-corrected chi connectivity index (χ0v) is 8.43. The quantitative estimate of drug-likeness (QED) is 0.536. The van der Waals surface area contributed by atoms with Crippen LogP contribution in [0.25, 0.3) is 0 Å². The molecule has 0 saturated carbocycles. The van der Waals surface area contributed by atoms with Gasteiger partial charge < -0.3 is 11.5 Å². The predicted molar refractivity (Wildman–Crippen MR) is 55.2 cm³/mol. The third-order valence-electron chi connectivity index (χ3n) is 2.13. The molecule has 0 aliphatic carbocycles. The van der Waals surface area contributed by atoms with Crippen molar-refractivity contribution in [1.29, 1.82) is 0 Å². The maximum Gasteiger partial charge on any atom is 0.217 e. The van der Waals surface area contributed by atoms with Crippen molar-refractivity contribution in [2.45, 2.75) is 51.4 Å². The first kappa shape index (κ1) is 12.4. The van der Waals surface area contributed by atoms with Crippen molar-refractivity contribution >= 4 is 5.91 Å². The highest BCUT2D eigenvalue weighted by molar-refractivity contribution is 5.73. The molecule has 0 aliphatic rings. The fourth-order valence-electron chi connectivity index (χ4n) is 1.33. The lowest BCUT2D eigenvalue weighted by molar-refractivity contribution is -0.118. The van der Waals surface area contributed by atoms with Crippen molar-refractivity contribution in [2.75, 3.05) is 6.54 Å². The van der Waals surface area contributed by atoms with Gasteiger partial charge in [-0.1, -0.05) is 32.1 Å². The summed E-state index contributed by atoms with van der Waals surface area (Å²) >= 11 is 0.